The van der Waals surface area contributed by atoms with Crippen LogP contribution in [0.2, 0.25) is 0 Å². The van der Waals surface area contributed by atoms with Gasteiger partial charge in [-0.15, -0.1) is 0 Å². The van der Waals surface area contributed by atoms with Crippen LogP contribution in [0, 0.1) is 5.92 Å². The van der Waals surface area contributed by atoms with Crippen molar-refractivity contribution in [2.24, 2.45) is 5.92 Å². The van der Waals surface area contributed by atoms with Crippen LogP contribution in [0.25, 0.3) is 0 Å². The first-order valence-corrected chi connectivity index (χ1v) is 8.53. The summed E-state index contributed by atoms with van der Waals surface area (Å²) in [6.45, 7) is 10.3. The van der Waals surface area contributed by atoms with Crippen molar-refractivity contribution >= 4 is 5.91 Å². The van der Waals surface area contributed by atoms with Gasteiger partial charge in [0, 0.05) is 23.9 Å². The minimum absolute atomic E-state index is 0.0412. The fourth-order valence-electron chi connectivity index (χ4n) is 3.12. The second kappa shape index (κ2) is 7.28. The number of hydrogen-bond donors (Lipinski definition) is 2. The van der Waals surface area contributed by atoms with E-state index in [4.69, 9.17) is 0 Å². The average molecular weight is 302 g/mol. The lowest BCUT2D eigenvalue weighted by Crippen LogP contribution is -2.45. The lowest BCUT2D eigenvalue weighted by Gasteiger charge is -2.30. The maximum Gasteiger partial charge on any atom is 0.223 e. The topological polar surface area (TPSA) is 41.1 Å². The summed E-state index contributed by atoms with van der Waals surface area (Å²) in [5.41, 5.74) is 2.59. The fourth-order valence-corrected chi connectivity index (χ4v) is 3.12. The molecule has 1 saturated heterocycles. The van der Waals surface area contributed by atoms with E-state index < -0.39 is 0 Å². The van der Waals surface area contributed by atoms with Gasteiger partial charge in [-0.25, -0.2) is 0 Å². The molecule has 2 rings (SSSR count). The van der Waals surface area contributed by atoms with Gasteiger partial charge in [0.25, 0.3) is 0 Å². The fraction of sp³-hybridized carbons (Fsp3) is 0.632. The summed E-state index contributed by atoms with van der Waals surface area (Å²) in [6.07, 6.45) is 2.95. The van der Waals surface area contributed by atoms with E-state index in [1.54, 1.807) is 0 Å². The average Bonchev–Trinajstić information content (AvgIpc) is 2.52. The molecule has 0 radical (unpaired) electrons. The minimum Gasteiger partial charge on any atom is -0.355 e. The Morgan fingerprint density at radius 1 is 1.32 bits per heavy atom. The van der Waals surface area contributed by atoms with Gasteiger partial charge in [-0.3, -0.25) is 4.79 Å². The first-order valence-electron chi connectivity index (χ1n) is 8.53. The molecule has 0 unspecified atom stereocenters. The molecule has 3 heteroatoms. The Bertz CT molecular complexity index is 493. The maximum absolute atomic E-state index is 12.4. The van der Waals surface area contributed by atoms with Gasteiger partial charge in [-0.05, 0) is 43.9 Å². The second-order valence-electron chi connectivity index (χ2n) is 7.23. The maximum atomic E-state index is 12.4. The Morgan fingerprint density at radius 2 is 2.00 bits per heavy atom. The molecule has 122 valence electrons. The number of aryl methyl sites for hydroxylation is 1. The zero-order valence-electron chi connectivity index (χ0n) is 14.4. The van der Waals surface area contributed by atoms with Crippen molar-refractivity contribution in [2.45, 2.75) is 58.4 Å². The standard InChI is InChI=1S/C19H30N2O/c1-5-15-6-8-17(9-7-15)19(3,4)13-21-18(22)16-10-11-20-14(2)12-16/h6-9,14,16,20H,5,10-13H2,1-4H3,(H,21,22)/t14-,16-/m0/s1. The highest BCUT2D eigenvalue weighted by atomic mass is 16.1. The first-order chi connectivity index (χ1) is 10.4. The van der Waals surface area contributed by atoms with Crippen LogP contribution in [-0.2, 0) is 16.6 Å². The van der Waals surface area contributed by atoms with Crippen LogP contribution in [0.5, 0.6) is 0 Å². The molecule has 0 spiro atoms. The number of benzene rings is 1. The van der Waals surface area contributed by atoms with Crippen molar-refractivity contribution in [2.75, 3.05) is 13.1 Å². The third-order valence-corrected chi connectivity index (χ3v) is 4.84. The normalized spacial score (nSPS) is 22.4. The molecule has 2 atom stereocenters. The molecule has 2 N–H and O–H groups in total. The summed E-state index contributed by atoms with van der Waals surface area (Å²) < 4.78 is 0. The van der Waals surface area contributed by atoms with Crippen LogP contribution in [-0.4, -0.2) is 25.0 Å². The summed E-state index contributed by atoms with van der Waals surface area (Å²) in [5.74, 6) is 0.376. The molecule has 1 aromatic carbocycles. The van der Waals surface area contributed by atoms with Crippen LogP contribution >= 0.6 is 0 Å². The van der Waals surface area contributed by atoms with Crippen LogP contribution in [0.4, 0.5) is 0 Å². The van der Waals surface area contributed by atoms with E-state index in [1.807, 2.05) is 0 Å². The monoisotopic (exact) mass is 302 g/mol. The zero-order chi connectivity index (χ0) is 16.2. The number of rotatable bonds is 5. The Hall–Kier alpha value is -1.35. The summed E-state index contributed by atoms with van der Waals surface area (Å²) in [6, 6.07) is 9.20. The van der Waals surface area contributed by atoms with Gasteiger partial charge in [0.05, 0.1) is 0 Å². The predicted molar refractivity (Wildman–Crippen MR) is 92.0 cm³/mol. The second-order valence-corrected chi connectivity index (χ2v) is 7.23. The third kappa shape index (κ3) is 4.33. The highest BCUT2D eigenvalue weighted by molar-refractivity contribution is 5.78. The molecule has 3 nitrogen and oxygen atoms in total. The quantitative estimate of drug-likeness (QED) is 0.878. The lowest BCUT2D eigenvalue weighted by atomic mass is 9.83. The van der Waals surface area contributed by atoms with Gasteiger partial charge >= 0.3 is 0 Å². The van der Waals surface area contributed by atoms with E-state index in [0.717, 1.165) is 25.8 Å². The summed E-state index contributed by atoms with van der Waals surface area (Å²) in [5, 5.41) is 6.57. The Kier molecular flexibility index (Phi) is 5.63. The Morgan fingerprint density at radius 3 is 2.59 bits per heavy atom. The van der Waals surface area contributed by atoms with E-state index in [9.17, 15) is 4.79 Å². The zero-order valence-corrected chi connectivity index (χ0v) is 14.4. The van der Waals surface area contributed by atoms with E-state index in [0.29, 0.717) is 12.6 Å². The van der Waals surface area contributed by atoms with Crippen LogP contribution < -0.4 is 10.6 Å². The van der Waals surface area contributed by atoms with Gasteiger partial charge in [-0.1, -0.05) is 45.0 Å². The van der Waals surface area contributed by atoms with Gasteiger partial charge in [0.2, 0.25) is 5.91 Å². The van der Waals surface area contributed by atoms with Crippen molar-refractivity contribution in [1.82, 2.24) is 10.6 Å². The molecule has 1 aromatic rings. The molecular weight excluding hydrogens is 272 g/mol. The van der Waals surface area contributed by atoms with Gasteiger partial charge in [0.1, 0.15) is 0 Å². The minimum atomic E-state index is -0.0412. The summed E-state index contributed by atoms with van der Waals surface area (Å²) in [4.78, 5) is 12.4. The molecule has 0 bridgehead atoms. The predicted octanol–water partition coefficient (Wildman–Crippen LogP) is 3.03. The van der Waals surface area contributed by atoms with Crippen LogP contribution in [0.15, 0.2) is 24.3 Å². The van der Waals surface area contributed by atoms with Crippen molar-refractivity contribution < 1.29 is 4.79 Å². The Labute approximate surface area is 134 Å². The highest BCUT2D eigenvalue weighted by Gasteiger charge is 2.27. The summed E-state index contributed by atoms with van der Waals surface area (Å²) >= 11 is 0. The molecule has 0 saturated carbocycles. The molecule has 1 heterocycles. The number of piperidine rings is 1. The largest absolute Gasteiger partial charge is 0.355 e. The number of nitrogens with one attached hydrogen (secondary N) is 2. The molecule has 1 aliphatic heterocycles. The van der Waals surface area contributed by atoms with Crippen LogP contribution in [0.1, 0.15) is 51.7 Å². The van der Waals surface area contributed by atoms with Crippen molar-refractivity contribution in [1.29, 1.82) is 0 Å². The molecule has 22 heavy (non-hydrogen) atoms. The summed E-state index contributed by atoms with van der Waals surface area (Å²) in [7, 11) is 0. The van der Waals surface area contributed by atoms with Crippen LogP contribution in [0.3, 0.4) is 0 Å². The molecule has 0 aromatic heterocycles. The van der Waals surface area contributed by atoms with Gasteiger partial charge in [0.15, 0.2) is 0 Å². The van der Waals surface area contributed by atoms with Crippen molar-refractivity contribution in [3.63, 3.8) is 0 Å². The highest BCUT2D eigenvalue weighted by Crippen LogP contribution is 2.23. The third-order valence-electron chi connectivity index (χ3n) is 4.84. The van der Waals surface area contributed by atoms with Crippen molar-refractivity contribution in [3.8, 4) is 0 Å². The van der Waals surface area contributed by atoms with E-state index in [1.165, 1.54) is 11.1 Å². The molecule has 1 fully saturated rings. The van der Waals surface area contributed by atoms with Gasteiger partial charge < -0.3 is 10.6 Å². The number of carbonyl (C=O) groups excluding carboxylic acids is 1. The van der Waals surface area contributed by atoms with E-state index in [2.05, 4.69) is 62.6 Å². The number of carbonyl (C=O) groups is 1. The Balaban J connectivity index is 1.92. The first kappa shape index (κ1) is 17.0. The van der Waals surface area contributed by atoms with Crippen molar-refractivity contribution in [3.05, 3.63) is 35.4 Å². The van der Waals surface area contributed by atoms with E-state index >= 15 is 0 Å². The molecular formula is C19H30N2O. The molecule has 1 aliphatic rings. The lowest BCUT2D eigenvalue weighted by molar-refractivity contribution is -0.126. The number of amides is 1. The molecule has 1 amide bonds. The SMILES string of the molecule is CCc1ccc(C(C)(C)CNC(=O)[C@H]2CCN[C@@H](C)C2)cc1. The smallest absolute Gasteiger partial charge is 0.223 e. The van der Waals surface area contributed by atoms with E-state index in [-0.39, 0.29) is 17.2 Å². The number of hydrogen-bond acceptors (Lipinski definition) is 2. The van der Waals surface area contributed by atoms with Gasteiger partial charge in [-0.2, -0.15) is 0 Å². The molecule has 0 aliphatic carbocycles.